The number of hydrogen-bond donors (Lipinski definition) is 1. The van der Waals surface area contributed by atoms with E-state index in [1.807, 2.05) is 44.2 Å². The number of anilines is 1. The van der Waals surface area contributed by atoms with Crippen LogP contribution in [0.4, 0.5) is 5.69 Å². The van der Waals surface area contributed by atoms with Gasteiger partial charge in [-0.15, -0.1) is 0 Å². The molecule has 0 fully saturated rings. The fourth-order valence-electron chi connectivity index (χ4n) is 4.31. The Balaban J connectivity index is 0.00000481. The minimum absolute atomic E-state index is 0. The molecule has 1 heterocycles. The quantitative estimate of drug-likeness (QED) is 0.252. The minimum atomic E-state index is -3.76. The van der Waals surface area contributed by atoms with Crippen LogP contribution in [0, 0.1) is 5.92 Å². The maximum Gasteiger partial charge on any atom is 0.264 e. The number of sulfonamides is 1. The highest BCUT2D eigenvalue weighted by Crippen LogP contribution is 2.29. The molecule has 6 nitrogen and oxygen atoms in total. The zero-order valence-corrected chi connectivity index (χ0v) is 23.4. The first kappa shape index (κ1) is 27.9. The first-order chi connectivity index (χ1) is 17.0. The average molecular weight is 514 g/mol. The van der Waals surface area contributed by atoms with Gasteiger partial charge in [0.2, 0.25) is 0 Å². The molecule has 0 aliphatic heterocycles. The van der Waals surface area contributed by atoms with Crippen LogP contribution in [0.3, 0.4) is 0 Å². The van der Waals surface area contributed by atoms with Crippen molar-refractivity contribution in [1.29, 1.82) is 0 Å². The molecule has 0 saturated heterocycles. The molecule has 0 unspecified atom stereocenters. The van der Waals surface area contributed by atoms with E-state index in [9.17, 15) is 8.42 Å². The Labute approximate surface area is 218 Å². The van der Waals surface area contributed by atoms with Crippen molar-refractivity contribution in [2.75, 3.05) is 10.8 Å². The standard InChI is InChI=1S/C29H41N3O3S.H2/c1-8-22(6)35-23(7)16-21(5)17-28-27-15-14-26(18-29(27)31-30-28)36(33,34)32(19-20(3)4)25-12-10-24(9-2)11-13-25;/h10-15,18,20,22-23H,5,8-9,16-17,19H2,1-4,6-7H3,(H,30,31);1H/t22-,23+;/m0./s1. The van der Waals surface area contributed by atoms with E-state index in [1.165, 1.54) is 9.87 Å². The van der Waals surface area contributed by atoms with Crippen LogP contribution < -0.4 is 4.31 Å². The summed E-state index contributed by atoms with van der Waals surface area (Å²) < 4.78 is 35.0. The van der Waals surface area contributed by atoms with Gasteiger partial charge in [0.25, 0.3) is 10.0 Å². The minimum Gasteiger partial charge on any atom is -0.375 e. The molecular formula is C29H43N3O3S. The largest absolute Gasteiger partial charge is 0.375 e. The Bertz CT molecular complexity index is 1270. The van der Waals surface area contributed by atoms with Crippen molar-refractivity contribution in [2.24, 2.45) is 5.92 Å². The smallest absolute Gasteiger partial charge is 0.264 e. The van der Waals surface area contributed by atoms with Gasteiger partial charge in [-0.2, -0.15) is 5.10 Å². The average Bonchev–Trinajstić information content (AvgIpc) is 3.24. The molecule has 1 aromatic heterocycles. The Hall–Kier alpha value is -2.64. The molecule has 1 N–H and O–H groups in total. The first-order valence-electron chi connectivity index (χ1n) is 13.0. The highest BCUT2D eigenvalue weighted by atomic mass is 32.2. The number of aromatic amines is 1. The van der Waals surface area contributed by atoms with Gasteiger partial charge in [-0.3, -0.25) is 9.40 Å². The highest BCUT2D eigenvalue weighted by Gasteiger charge is 2.26. The maximum absolute atomic E-state index is 13.7. The van der Waals surface area contributed by atoms with Crippen LogP contribution in [-0.4, -0.2) is 37.4 Å². The summed E-state index contributed by atoms with van der Waals surface area (Å²) in [4.78, 5) is 0.239. The molecule has 0 amide bonds. The lowest BCUT2D eigenvalue weighted by Gasteiger charge is -2.26. The van der Waals surface area contributed by atoms with Gasteiger partial charge < -0.3 is 4.74 Å². The topological polar surface area (TPSA) is 75.3 Å². The fraction of sp³-hybridized carbons (Fsp3) is 0.483. The summed E-state index contributed by atoms with van der Waals surface area (Å²) >= 11 is 0. The Morgan fingerprint density at radius 3 is 2.39 bits per heavy atom. The third-order valence-electron chi connectivity index (χ3n) is 6.40. The highest BCUT2D eigenvalue weighted by molar-refractivity contribution is 7.92. The number of fused-ring (bicyclic) bond motifs is 1. The van der Waals surface area contributed by atoms with Gasteiger partial charge in [0.05, 0.1) is 28.3 Å². The fourth-order valence-corrected chi connectivity index (χ4v) is 5.96. The van der Waals surface area contributed by atoms with Crippen LogP contribution >= 0.6 is 0 Å². The molecule has 198 valence electrons. The molecule has 2 aromatic carbocycles. The van der Waals surface area contributed by atoms with Gasteiger partial charge in [0, 0.05) is 25.5 Å². The summed E-state index contributed by atoms with van der Waals surface area (Å²) in [6, 6.07) is 13.0. The SMILES string of the molecule is C=C(Cc1[nH]nc2cc(S(=O)(=O)N(CC(C)C)c3ccc(CC)cc3)ccc12)C[C@@H](C)O[C@@H](C)CC.[HH]. The van der Waals surface area contributed by atoms with Crippen LogP contribution in [0.5, 0.6) is 0 Å². The molecule has 0 aliphatic rings. The molecule has 0 bridgehead atoms. The normalized spacial score (nSPS) is 13.8. The van der Waals surface area contributed by atoms with Crippen LogP contribution in [0.15, 0.2) is 59.5 Å². The third kappa shape index (κ3) is 6.77. The van der Waals surface area contributed by atoms with E-state index >= 15 is 0 Å². The number of aryl methyl sites for hydroxylation is 1. The van der Waals surface area contributed by atoms with E-state index < -0.39 is 10.0 Å². The number of aromatic nitrogens is 2. The lowest BCUT2D eigenvalue weighted by atomic mass is 10.0. The molecule has 7 heteroatoms. The van der Waals surface area contributed by atoms with Crippen LogP contribution in [0.25, 0.3) is 10.9 Å². The maximum atomic E-state index is 13.7. The molecule has 0 saturated carbocycles. The summed E-state index contributed by atoms with van der Waals surface area (Å²) in [7, 11) is -3.76. The van der Waals surface area contributed by atoms with Crippen molar-refractivity contribution in [2.45, 2.75) is 84.3 Å². The molecule has 0 spiro atoms. The molecule has 3 rings (SSSR count). The summed E-state index contributed by atoms with van der Waals surface area (Å²) in [6.07, 6.45) is 3.60. The summed E-state index contributed by atoms with van der Waals surface area (Å²) in [5.41, 5.74) is 4.46. The number of nitrogens with one attached hydrogen (secondary N) is 1. The molecule has 0 radical (unpaired) electrons. The number of nitrogens with zero attached hydrogens (tertiary/aromatic N) is 2. The second kappa shape index (κ2) is 12.1. The lowest BCUT2D eigenvalue weighted by Crippen LogP contribution is -2.34. The van der Waals surface area contributed by atoms with Crippen LogP contribution in [0.2, 0.25) is 0 Å². The van der Waals surface area contributed by atoms with Gasteiger partial charge in [-0.25, -0.2) is 8.42 Å². The zero-order valence-electron chi connectivity index (χ0n) is 22.5. The number of benzene rings is 2. The lowest BCUT2D eigenvalue weighted by molar-refractivity contribution is 0.00711. The van der Waals surface area contributed by atoms with Crippen molar-refractivity contribution < 1.29 is 14.6 Å². The number of ether oxygens (including phenoxy) is 1. The van der Waals surface area contributed by atoms with Crippen LogP contribution in [-0.2, 0) is 27.6 Å². The first-order valence-corrected chi connectivity index (χ1v) is 14.4. The van der Waals surface area contributed by atoms with Gasteiger partial charge in [0.1, 0.15) is 0 Å². The predicted molar refractivity (Wildman–Crippen MR) is 151 cm³/mol. The molecule has 3 aromatic rings. The van der Waals surface area contributed by atoms with E-state index in [0.717, 1.165) is 35.9 Å². The monoisotopic (exact) mass is 513 g/mol. The van der Waals surface area contributed by atoms with E-state index in [4.69, 9.17) is 4.74 Å². The van der Waals surface area contributed by atoms with Crippen molar-refractivity contribution in [3.8, 4) is 0 Å². The van der Waals surface area contributed by atoms with Gasteiger partial charge in [0.15, 0.2) is 0 Å². The molecule has 2 atom stereocenters. The van der Waals surface area contributed by atoms with Gasteiger partial charge in [-0.05, 0) is 74.9 Å². The van der Waals surface area contributed by atoms with E-state index in [-0.39, 0.29) is 24.4 Å². The Morgan fingerprint density at radius 2 is 1.78 bits per heavy atom. The van der Waals surface area contributed by atoms with Gasteiger partial charge >= 0.3 is 0 Å². The molecule has 0 aliphatic carbocycles. The second-order valence-electron chi connectivity index (χ2n) is 10.1. The zero-order chi connectivity index (χ0) is 26.5. The summed E-state index contributed by atoms with van der Waals surface area (Å²) in [5, 5.41) is 8.43. The predicted octanol–water partition coefficient (Wildman–Crippen LogP) is 6.92. The van der Waals surface area contributed by atoms with Crippen molar-refractivity contribution in [3.63, 3.8) is 0 Å². The van der Waals surface area contributed by atoms with Crippen molar-refractivity contribution in [1.82, 2.24) is 10.2 Å². The van der Waals surface area contributed by atoms with E-state index in [2.05, 4.69) is 44.5 Å². The van der Waals surface area contributed by atoms with Crippen molar-refractivity contribution >= 4 is 26.6 Å². The van der Waals surface area contributed by atoms with E-state index in [0.29, 0.717) is 24.2 Å². The number of rotatable bonds is 13. The number of hydrogen-bond acceptors (Lipinski definition) is 4. The van der Waals surface area contributed by atoms with E-state index in [1.54, 1.807) is 12.1 Å². The molecular weight excluding hydrogens is 470 g/mol. The van der Waals surface area contributed by atoms with Gasteiger partial charge in [-0.1, -0.05) is 52.0 Å². The molecule has 36 heavy (non-hydrogen) atoms. The summed E-state index contributed by atoms with van der Waals surface area (Å²) in [6.45, 7) is 17.0. The second-order valence-corrected chi connectivity index (χ2v) is 12.0. The third-order valence-corrected chi connectivity index (χ3v) is 8.19. The van der Waals surface area contributed by atoms with Crippen molar-refractivity contribution in [3.05, 3.63) is 65.9 Å². The Morgan fingerprint density at radius 1 is 1.08 bits per heavy atom. The Kier molecular flexibility index (Phi) is 9.36. The summed E-state index contributed by atoms with van der Waals surface area (Å²) in [5.74, 6) is 0.170. The number of H-pyrrole nitrogens is 1. The van der Waals surface area contributed by atoms with Crippen LogP contribution in [0.1, 0.15) is 67.1 Å².